The normalized spacial score (nSPS) is 10.7. The molecule has 102 valence electrons. The van der Waals surface area contributed by atoms with Gasteiger partial charge < -0.3 is 9.26 Å². The summed E-state index contributed by atoms with van der Waals surface area (Å²) in [5.41, 5.74) is 3.31. The van der Waals surface area contributed by atoms with Gasteiger partial charge in [0.05, 0.1) is 18.1 Å². The number of hydrogen-bond donors (Lipinski definition) is 0. The molecule has 0 amide bonds. The maximum Gasteiger partial charge on any atom is 0.146 e. The second kappa shape index (κ2) is 6.66. The molecule has 0 aliphatic rings. The number of hydrogen-bond acceptors (Lipinski definition) is 4. The molecule has 2 rings (SSSR count). The van der Waals surface area contributed by atoms with Crippen LogP contribution in [0.15, 0.2) is 28.8 Å². The third-order valence-electron chi connectivity index (χ3n) is 2.80. The van der Waals surface area contributed by atoms with E-state index < -0.39 is 0 Å². The number of aromatic nitrogens is 1. The van der Waals surface area contributed by atoms with Crippen molar-refractivity contribution in [1.82, 2.24) is 5.16 Å². The first-order valence-electron chi connectivity index (χ1n) is 6.36. The van der Waals surface area contributed by atoms with Crippen LogP contribution in [-0.4, -0.2) is 17.5 Å². The van der Waals surface area contributed by atoms with Gasteiger partial charge in [0.15, 0.2) is 0 Å². The first-order valence-corrected chi connectivity index (χ1v) is 7.51. The third kappa shape index (κ3) is 4.03. The van der Waals surface area contributed by atoms with Crippen molar-refractivity contribution < 1.29 is 9.26 Å². The molecule has 0 atom stereocenters. The van der Waals surface area contributed by atoms with E-state index in [-0.39, 0.29) is 0 Å². The van der Waals surface area contributed by atoms with E-state index in [9.17, 15) is 0 Å². The van der Waals surface area contributed by atoms with Gasteiger partial charge in [-0.25, -0.2) is 0 Å². The molecular weight excluding hydrogens is 258 g/mol. The van der Waals surface area contributed by atoms with Crippen molar-refractivity contribution >= 4 is 11.8 Å². The molecule has 0 bridgehead atoms. The van der Waals surface area contributed by atoms with Crippen LogP contribution in [0.1, 0.15) is 22.6 Å². The van der Waals surface area contributed by atoms with Gasteiger partial charge in [0, 0.05) is 11.8 Å². The minimum absolute atomic E-state index is 0.712. The molecule has 0 spiro atoms. The summed E-state index contributed by atoms with van der Waals surface area (Å²) in [5.74, 6) is 3.72. The largest absolute Gasteiger partial charge is 0.492 e. The standard InChI is InChI=1S/C15H19NO2S/c1-11-5-4-6-12(2)15(11)17-7-8-19-10-14-9-13(3)16-18-14/h4-6,9H,7-8,10H2,1-3H3. The molecule has 2 aromatic rings. The van der Waals surface area contributed by atoms with Crippen molar-refractivity contribution in [3.8, 4) is 5.75 Å². The summed E-state index contributed by atoms with van der Waals surface area (Å²) in [7, 11) is 0. The van der Waals surface area contributed by atoms with Gasteiger partial charge in [-0.1, -0.05) is 23.4 Å². The second-order valence-corrected chi connectivity index (χ2v) is 5.66. The molecule has 3 nitrogen and oxygen atoms in total. The highest BCUT2D eigenvalue weighted by Crippen LogP contribution is 2.22. The molecule has 0 N–H and O–H groups in total. The monoisotopic (exact) mass is 277 g/mol. The summed E-state index contributed by atoms with van der Waals surface area (Å²) in [6.07, 6.45) is 0. The van der Waals surface area contributed by atoms with E-state index in [0.29, 0.717) is 6.61 Å². The van der Waals surface area contributed by atoms with Gasteiger partial charge in [-0.2, -0.15) is 11.8 Å². The number of ether oxygens (including phenoxy) is 1. The fraction of sp³-hybridized carbons (Fsp3) is 0.400. The summed E-state index contributed by atoms with van der Waals surface area (Å²) >= 11 is 1.79. The van der Waals surface area contributed by atoms with Crippen LogP contribution in [0.25, 0.3) is 0 Å². The van der Waals surface area contributed by atoms with Gasteiger partial charge in [-0.15, -0.1) is 0 Å². The van der Waals surface area contributed by atoms with Crippen molar-refractivity contribution in [3.63, 3.8) is 0 Å². The van der Waals surface area contributed by atoms with Gasteiger partial charge in [-0.05, 0) is 31.9 Å². The average Bonchev–Trinajstić information content (AvgIpc) is 2.78. The van der Waals surface area contributed by atoms with Crippen LogP contribution >= 0.6 is 11.8 Å². The zero-order valence-corrected chi connectivity index (χ0v) is 12.4. The molecule has 0 radical (unpaired) electrons. The minimum atomic E-state index is 0.712. The number of aryl methyl sites for hydroxylation is 3. The number of rotatable bonds is 6. The molecule has 1 aromatic carbocycles. The molecule has 0 aliphatic carbocycles. The molecule has 0 saturated carbocycles. The van der Waals surface area contributed by atoms with E-state index in [1.807, 2.05) is 13.0 Å². The highest BCUT2D eigenvalue weighted by atomic mass is 32.2. The Morgan fingerprint density at radius 2 is 1.95 bits per heavy atom. The van der Waals surface area contributed by atoms with Crippen LogP contribution in [0.3, 0.4) is 0 Å². The summed E-state index contributed by atoms with van der Waals surface area (Å²) < 4.78 is 11.0. The highest BCUT2D eigenvalue weighted by molar-refractivity contribution is 7.98. The summed E-state index contributed by atoms with van der Waals surface area (Å²) in [6, 6.07) is 8.18. The Balaban J connectivity index is 1.72. The van der Waals surface area contributed by atoms with Gasteiger partial charge in [0.1, 0.15) is 11.5 Å². The quantitative estimate of drug-likeness (QED) is 0.750. The van der Waals surface area contributed by atoms with E-state index in [1.165, 1.54) is 11.1 Å². The maximum absolute atomic E-state index is 5.84. The second-order valence-electron chi connectivity index (χ2n) is 4.56. The van der Waals surface area contributed by atoms with E-state index in [0.717, 1.165) is 28.7 Å². The number of thioether (sulfide) groups is 1. The summed E-state index contributed by atoms with van der Waals surface area (Å²) in [5, 5.41) is 3.87. The topological polar surface area (TPSA) is 35.3 Å². The fourth-order valence-corrected chi connectivity index (χ4v) is 2.57. The minimum Gasteiger partial charge on any atom is -0.492 e. The number of para-hydroxylation sites is 1. The van der Waals surface area contributed by atoms with Crippen molar-refractivity contribution in [3.05, 3.63) is 46.8 Å². The molecular formula is C15H19NO2S. The van der Waals surface area contributed by atoms with Gasteiger partial charge in [-0.3, -0.25) is 0 Å². The molecule has 0 saturated heterocycles. The van der Waals surface area contributed by atoms with Gasteiger partial charge in [0.2, 0.25) is 0 Å². The van der Waals surface area contributed by atoms with Crippen LogP contribution in [0.4, 0.5) is 0 Å². The predicted molar refractivity (Wildman–Crippen MR) is 78.8 cm³/mol. The van der Waals surface area contributed by atoms with Crippen molar-refractivity contribution in [2.75, 3.05) is 12.4 Å². The first kappa shape index (κ1) is 14.0. The SMILES string of the molecule is Cc1cc(CSCCOc2c(C)cccc2C)on1. The highest BCUT2D eigenvalue weighted by Gasteiger charge is 2.04. The fourth-order valence-electron chi connectivity index (χ4n) is 1.89. The maximum atomic E-state index is 5.84. The molecule has 19 heavy (non-hydrogen) atoms. The third-order valence-corrected chi connectivity index (χ3v) is 3.75. The Kier molecular flexibility index (Phi) is 4.91. The van der Waals surface area contributed by atoms with Crippen LogP contribution in [0.2, 0.25) is 0 Å². The molecule has 0 aliphatic heterocycles. The first-order chi connectivity index (χ1) is 9.16. The molecule has 0 fully saturated rings. The Bertz CT molecular complexity index is 516. The predicted octanol–water partition coefficient (Wildman–Crippen LogP) is 3.91. The van der Waals surface area contributed by atoms with E-state index >= 15 is 0 Å². The van der Waals surface area contributed by atoms with E-state index in [1.54, 1.807) is 11.8 Å². The van der Waals surface area contributed by atoms with Crippen LogP contribution in [0.5, 0.6) is 5.75 Å². The van der Waals surface area contributed by atoms with Gasteiger partial charge in [0.25, 0.3) is 0 Å². The molecule has 0 unspecified atom stereocenters. The van der Waals surface area contributed by atoms with Crippen LogP contribution in [-0.2, 0) is 5.75 Å². The van der Waals surface area contributed by atoms with Crippen LogP contribution in [0, 0.1) is 20.8 Å². The smallest absolute Gasteiger partial charge is 0.146 e. The average molecular weight is 277 g/mol. The molecule has 4 heteroatoms. The van der Waals surface area contributed by atoms with Crippen molar-refractivity contribution in [1.29, 1.82) is 0 Å². The Morgan fingerprint density at radius 1 is 1.21 bits per heavy atom. The lowest BCUT2D eigenvalue weighted by Gasteiger charge is -2.11. The molecule has 1 heterocycles. The lowest BCUT2D eigenvalue weighted by Crippen LogP contribution is -2.03. The number of nitrogens with zero attached hydrogens (tertiary/aromatic N) is 1. The Hall–Kier alpha value is -1.42. The summed E-state index contributed by atoms with van der Waals surface area (Å²) in [4.78, 5) is 0. The zero-order chi connectivity index (χ0) is 13.7. The number of benzene rings is 1. The van der Waals surface area contributed by atoms with E-state index in [2.05, 4.69) is 37.2 Å². The van der Waals surface area contributed by atoms with E-state index in [4.69, 9.17) is 9.26 Å². The molecule has 1 aromatic heterocycles. The lowest BCUT2D eigenvalue weighted by molar-refractivity contribution is 0.339. The zero-order valence-electron chi connectivity index (χ0n) is 11.6. The van der Waals surface area contributed by atoms with Crippen molar-refractivity contribution in [2.45, 2.75) is 26.5 Å². The summed E-state index contributed by atoms with van der Waals surface area (Å²) in [6.45, 7) is 6.80. The van der Waals surface area contributed by atoms with Gasteiger partial charge >= 0.3 is 0 Å². The van der Waals surface area contributed by atoms with Crippen LogP contribution < -0.4 is 4.74 Å². The Morgan fingerprint density at radius 3 is 2.58 bits per heavy atom. The van der Waals surface area contributed by atoms with Crippen molar-refractivity contribution in [2.24, 2.45) is 0 Å². The Labute approximate surface area is 118 Å². The lowest BCUT2D eigenvalue weighted by atomic mass is 10.1.